The Kier molecular flexibility index (Phi) is 4.77. The molecule has 2 unspecified atom stereocenters. The Morgan fingerprint density at radius 3 is 2.84 bits per heavy atom. The van der Waals surface area contributed by atoms with Crippen molar-refractivity contribution in [3.63, 3.8) is 0 Å². The highest BCUT2D eigenvalue weighted by Crippen LogP contribution is 2.23. The molecule has 1 aliphatic heterocycles. The lowest BCUT2D eigenvalue weighted by atomic mass is 10.1. The Labute approximate surface area is 116 Å². The van der Waals surface area contributed by atoms with Crippen LogP contribution in [0.15, 0.2) is 12.1 Å². The largest absolute Gasteiger partial charge is 0.375 e. The molecule has 2 rings (SSSR count). The van der Waals surface area contributed by atoms with Crippen LogP contribution in [0.4, 0.5) is 5.82 Å². The number of morpholine rings is 1. The van der Waals surface area contributed by atoms with Crippen molar-refractivity contribution >= 4 is 5.82 Å². The van der Waals surface area contributed by atoms with Crippen LogP contribution in [0, 0.1) is 0 Å². The number of anilines is 1. The second-order valence-electron chi connectivity index (χ2n) is 5.24. The van der Waals surface area contributed by atoms with E-state index in [2.05, 4.69) is 37.8 Å². The van der Waals surface area contributed by atoms with Gasteiger partial charge in [0.05, 0.1) is 18.8 Å². The van der Waals surface area contributed by atoms with Crippen molar-refractivity contribution in [3.05, 3.63) is 23.4 Å². The minimum atomic E-state index is 0.260. The number of aryl methyl sites for hydroxylation is 1. The van der Waals surface area contributed by atoms with Crippen LogP contribution in [-0.4, -0.2) is 30.3 Å². The minimum absolute atomic E-state index is 0.260. The number of aromatic nitrogens is 1. The van der Waals surface area contributed by atoms with Gasteiger partial charge in [0.2, 0.25) is 0 Å². The summed E-state index contributed by atoms with van der Waals surface area (Å²) in [6, 6.07) is 4.65. The Hall–Kier alpha value is -1.13. The first kappa shape index (κ1) is 14.3. The summed E-state index contributed by atoms with van der Waals surface area (Å²) in [4.78, 5) is 7.15. The molecule has 1 fully saturated rings. The highest BCUT2D eigenvalue weighted by Gasteiger charge is 2.26. The van der Waals surface area contributed by atoms with E-state index in [9.17, 15) is 0 Å². The third-order valence-electron chi connectivity index (χ3n) is 3.76. The van der Waals surface area contributed by atoms with E-state index in [1.165, 1.54) is 0 Å². The summed E-state index contributed by atoms with van der Waals surface area (Å²) in [5.41, 5.74) is 8.08. The topological polar surface area (TPSA) is 51.4 Å². The number of nitrogens with zero attached hydrogens (tertiary/aromatic N) is 2. The molecule has 0 aliphatic carbocycles. The van der Waals surface area contributed by atoms with Crippen LogP contribution in [0.3, 0.4) is 0 Å². The molecule has 0 saturated carbocycles. The Morgan fingerprint density at radius 2 is 2.21 bits per heavy atom. The predicted molar refractivity (Wildman–Crippen MR) is 78.3 cm³/mol. The van der Waals surface area contributed by atoms with Gasteiger partial charge in [0.15, 0.2) is 0 Å². The van der Waals surface area contributed by atoms with Crippen LogP contribution in [0.5, 0.6) is 0 Å². The summed E-state index contributed by atoms with van der Waals surface area (Å²) in [6.07, 6.45) is 2.27. The third-order valence-corrected chi connectivity index (χ3v) is 3.76. The van der Waals surface area contributed by atoms with Gasteiger partial charge in [0.25, 0.3) is 0 Å². The smallest absolute Gasteiger partial charge is 0.129 e. The van der Waals surface area contributed by atoms with Gasteiger partial charge in [-0.25, -0.2) is 4.98 Å². The quantitative estimate of drug-likeness (QED) is 0.904. The van der Waals surface area contributed by atoms with Crippen molar-refractivity contribution in [2.45, 2.75) is 52.3 Å². The lowest BCUT2D eigenvalue weighted by molar-refractivity contribution is 0.0296. The molecular formula is C15H25N3O. The van der Waals surface area contributed by atoms with E-state index in [0.717, 1.165) is 43.1 Å². The van der Waals surface area contributed by atoms with Crippen LogP contribution in [0.2, 0.25) is 0 Å². The number of ether oxygens (including phenoxy) is 1. The van der Waals surface area contributed by atoms with E-state index < -0.39 is 0 Å². The molecule has 0 bridgehead atoms. The molecule has 2 N–H and O–H groups in total. The molecular weight excluding hydrogens is 238 g/mol. The molecule has 0 amide bonds. The molecule has 0 aromatic carbocycles. The van der Waals surface area contributed by atoms with Crippen molar-refractivity contribution in [3.8, 4) is 0 Å². The molecule has 19 heavy (non-hydrogen) atoms. The van der Waals surface area contributed by atoms with E-state index in [4.69, 9.17) is 15.5 Å². The molecule has 1 saturated heterocycles. The van der Waals surface area contributed by atoms with Crippen molar-refractivity contribution in [1.29, 1.82) is 0 Å². The van der Waals surface area contributed by atoms with Crippen LogP contribution in [-0.2, 0) is 17.7 Å². The van der Waals surface area contributed by atoms with Gasteiger partial charge in [0.1, 0.15) is 5.82 Å². The Bertz CT molecular complexity index is 400. The van der Waals surface area contributed by atoms with Gasteiger partial charge in [-0.15, -0.1) is 0 Å². The molecule has 0 radical (unpaired) electrons. The predicted octanol–water partition coefficient (Wildman–Crippen LogP) is 2.11. The maximum Gasteiger partial charge on any atom is 0.129 e. The number of hydrogen-bond acceptors (Lipinski definition) is 4. The summed E-state index contributed by atoms with van der Waals surface area (Å²) < 4.78 is 5.75. The molecule has 2 heterocycles. The SMILES string of the molecule is CCc1cc(CN)cc(N2CC(C)OCC2CC)n1. The van der Waals surface area contributed by atoms with E-state index >= 15 is 0 Å². The summed E-state index contributed by atoms with van der Waals surface area (Å²) in [6.45, 7) is 8.71. The first-order chi connectivity index (χ1) is 9.17. The van der Waals surface area contributed by atoms with Crippen LogP contribution in [0.25, 0.3) is 0 Å². The number of nitrogens with two attached hydrogens (primary N) is 1. The Balaban J connectivity index is 2.31. The fourth-order valence-corrected chi connectivity index (χ4v) is 2.54. The summed E-state index contributed by atoms with van der Waals surface area (Å²) in [5.74, 6) is 1.06. The van der Waals surface area contributed by atoms with Gasteiger partial charge in [-0.05, 0) is 37.5 Å². The first-order valence-corrected chi connectivity index (χ1v) is 7.26. The monoisotopic (exact) mass is 263 g/mol. The molecule has 106 valence electrons. The van der Waals surface area contributed by atoms with E-state index in [1.807, 2.05) is 0 Å². The normalized spacial score (nSPS) is 23.7. The zero-order valence-corrected chi connectivity index (χ0v) is 12.2. The van der Waals surface area contributed by atoms with Crippen molar-refractivity contribution < 1.29 is 4.74 Å². The second-order valence-corrected chi connectivity index (χ2v) is 5.24. The fraction of sp³-hybridized carbons (Fsp3) is 0.667. The van der Waals surface area contributed by atoms with Crippen molar-refractivity contribution in [1.82, 2.24) is 4.98 Å². The third kappa shape index (κ3) is 3.25. The molecule has 0 spiro atoms. The lowest BCUT2D eigenvalue weighted by Crippen LogP contribution is -2.49. The van der Waals surface area contributed by atoms with Crippen molar-refractivity contribution in [2.24, 2.45) is 5.73 Å². The van der Waals surface area contributed by atoms with Gasteiger partial charge in [-0.1, -0.05) is 13.8 Å². The molecule has 4 heteroatoms. The highest BCUT2D eigenvalue weighted by molar-refractivity contribution is 5.44. The van der Waals surface area contributed by atoms with E-state index in [1.54, 1.807) is 0 Å². The van der Waals surface area contributed by atoms with Gasteiger partial charge in [-0.2, -0.15) is 0 Å². The zero-order valence-electron chi connectivity index (χ0n) is 12.2. The second kappa shape index (κ2) is 6.35. The molecule has 1 aromatic heterocycles. The van der Waals surface area contributed by atoms with Gasteiger partial charge in [-0.3, -0.25) is 0 Å². The summed E-state index contributed by atoms with van der Waals surface area (Å²) in [7, 11) is 0. The van der Waals surface area contributed by atoms with E-state index in [-0.39, 0.29) is 6.10 Å². The lowest BCUT2D eigenvalue weighted by Gasteiger charge is -2.39. The van der Waals surface area contributed by atoms with E-state index in [0.29, 0.717) is 12.6 Å². The van der Waals surface area contributed by atoms with Crippen LogP contribution < -0.4 is 10.6 Å². The zero-order chi connectivity index (χ0) is 13.8. The van der Waals surface area contributed by atoms with Gasteiger partial charge < -0.3 is 15.4 Å². The Morgan fingerprint density at radius 1 is 1.42 bits per heavy atom. The number of rotatable bonds is 4. The number of hydrogen-bond donors (Lipinski definition) is 1. The fourth-order valence-electron chi connectivity index (χ4n) is 2.54. The standard InChI is InChI=1S/C15H25N3O/c1-4-13-6-12(8-16)7-15(17-13)18-9-11(3)19-10-14(18)5-2/h6-7,11,14H,4-5,8-10,16H2,1-3H3. The summed E-state index contributed by atoms with van der Waals surface area (Å²) >= 11 is 0. The molecule has 1 aliphatic rings. The summed E-state index contributed by atoms with van der Waals surface area (Å²) in [5, 5.41) is 0. The van der Waals surface area contributed by atoms with Gasteiger partial charge >= 0.3 is 0 Å². The first-order valence-electron chi connectivity index (χ1n) is 7.26. The minimum Gasteiger partial charge on any atom is -0.375 e. The maximum atomic E-state index is 5.80. The average molecular weight is 263 g/mol. The van der Waals surface area contributed by atoms with Crippen molar-refractivity contribution in [2.75, 3.05) is 18.1 Å². The number of pyridine rings is 1. The molecule has 4 nitrogen and oxygen atoms in total. The average Bonchev–Trinajstić information content (AvgIpc) is 2.46. The molecule has 2 atom stereocenters. The van der Waals surface area contributed by atoms with Crippen LogP contribution >= 0.6 is 0 Å². The van der Waals surface area contributed by atoms with Crippen LogP contribution in [0.1, 0.15) is 38.4 Å². The highest BCUT2D eigenvalue weighted by atomic mass is 16.5. The molecule has 1 aromatic rings. The van der Waals surface area contributed by atoms with Gasteiger partial charge in [0, 0.05) is 18.8 Å². The maximum absolute atomic E-state index is 5.80.